The smallest absolute Gasteiger partial charge is 0.217 e. The molecule has 0 aliphatic rings. The van der Waals surface area contributed by atoms with E-state index in [4.69, 9.17) is 10.5 Å². The van der Waals surface area contributed by atoms with Gasteiger partial charge in [0.2, 0.25) is 5.91 Å². The monoisotopic (exact) mass is 373 g/mol. The molecular formula is C24H39NO2. The minimum absolute atomic E-state index is 0.173. The zero-order valence-corrected chi connectivity index (χ0v) is 17.2. The Morgan fingerprint density at radius 1 is 0.889 bits per heavy atom. The van der Waals surface area contributed by atoms with E-state index >= 15 is 0 Å². The lowest BCUT2D eigenvalue weighted by Gasteiger charge is -2.15. The first kappa shape index (κ1) is 23.4. The van der Waals surface area contributed by atoms with E-state index in [1.807, 2.05) is 7.11 Å². The number of nitrogens with two attached hydrogens (primary N) is 1. The summed E-state index contributed by atoms with van der Waals surface area (Å²) in [6.07, 6.45) is 19.8. The SMILES string of the molecule is COC(CCCCCC/C=C\CCCCCCCC(N)=O)c1ccccc1. The van der Waals surface area contributed by atoms with Gasteiger partial charge < -0.3 is 10.5 Å². The number of rotatable bonds is 17. The van der Waals surface area contributed by atoms with Crippen molar-refractivity contribution in [3.63, 3.8) is 0 Å². The fraction of sp³-hybridized carbons (Fsp3) is 0.625. The average Bonchev–Trinajstić information content (AvgIpc) is 2.68. The number of allylic oxidation sites excluding steroid dienone is 2. The second-order valence-corrected chi connectivity index (χ2v) is 7.37. The number of methoxy groups -OCH3 is 1. The highest BCUT2D eigenvalue weighted by Gasteiger charge is 2.08. The lowest BCUT2D eigenvalue weighted by molar-refractivity contribution is -0.118. The van der Waals surface area contributed by atoms with Gasteiger partial charge in [0.25, 0.3) is 0 Å². The van der Waals surface area contributed by atoms with Gasteiger partial charge in [-0.25, -0.2) is 0 Å². The van der Waals surface area contributed by atoms with Gasteiger partial charge in [-0.3, -0.25) is 4.79 Å². The van der Waals surface area contributed by atoms with Crippen LogP contribution in [-0.2, 0) is 9.53 Å². The van der Waals surface area contributed by atoms with E-state index in [0.717, 1.165) is 19.3 Å². The van der Waals surface area contributed by atoms with Gasteiger partial charge in [0.1, 0.15) is 0 Å². The molecule has 0 fully saturated rings. The second-order valence-electron chi connectivity index (χ2n) is 7.37. The lowest BCUT2D eigenvalue weighted by Crippen LogP contribution is -2.09. The van der Waals surface area contributed by atoms with Gasteiger partial charge in [-0.05, 0) is 44.1 Å². The first-order valence-corrected chi connectivity index (χ1v) is 10.7. The molecule has 0 aromatic heterocycles. The molecule has 0 saturated heterocycles. The Hall–Kier alpha value is -1.61. The predicted molar refractivity (Wildman–Crippen MR) is 115 cm³/mol. The lowest BCUT2D eigenvalue weighted by atomic mass is 10.0. The largest absolute Gasteiger partial charge is 0.377 e. The minimum atomic E-state index is -0.173. The predicted octanol–water partition coefficient (Wildman–Crippen LogP) is 6.49. The topological polar surface area (TPSA) is 52.3 Å². The molecule has 1 amide bonds. The van der Waals surface area contributed by atoms with Crippen LogP contribution in [0.4, 0.5) is 0 Å². The molecule has 0 saturated carbocycles. The molecule has 1 rings (SSSR count). The number of carbonyl (C=O) groups excluding carboxylic acids is 1. The summed E-state index contributed by atoms with van der Waals surface area (Å²) in [5.74, 6) is -0.173. The number of primary amides is 1. The second kappa shape index (κ2) is 16.6. The van der Waals surface area contributed by atoms with Crippen molar-refractivity contribution in [3.8, 4) is 0 Å². The zero-order chi connectivity index (χ0) is 19.6. The Morgan fingerprint density at radius 2 is 1.44 bits per heavy atom. The van der Waals surface area contributed by atoms with Crippen LogP contribution in [0.1, 0.15) is 95.1 Å². The summed E-state index contributed by atoms with van der Waals surface area (Å²) >= 11 is 0. The van der Waals surface area contributed by atoms with Crippen LogP contribution in [0.5, 0.6) is 0 Å². The van der Waals surface area contributed by atoms with Crippen LogP contribution in [0.15, 0.2) is 42.5 Å². The number of hydrogen-bond donors (Lipinski definition) is 1. The Bertz CT molecular complexity index is 498. The maximum Gasteiger partial charge on any atom is 0.217 e. The molecule has 0 bridgehead atoms. The van der Waals surface area contributed by atoms with Crippen LogP contribution < -0.4 is 5.73 Å². The van der Waals surface area contributed by atoms with Gasteiger partial charge >= 0.3 is 0 Å². The Labute approximate surface area is 166 Å². The van der Waals surface area contributed by atoms with E-state index in [1.54, 1.807) is 0 Å². The van der Waals surface area contributed by atoms with Crippen LogP contribution >= 0.6 is 0 Å². The van der Waals surface area contributed by atoms with E-state index in [1.165, 1.54) is 63.4 Å². The van der Waals surface area contributed by atoms with Crippen molar-refractivity contribution < 1.29 is 9.53 Å². The number of amides is 1. The van der Waals surface area contributed by atoms with Crippen LogP contribution in [-0.4, -0.2) is 13.0 Å². The highest BCUT2D eigenvalue weighted by molar-refractivity contribution is 5.73. The van der Waals surface area contributed by atoms with Gasteiger partial charge in [0.05, 0.1) is 6.10 Å². The molecular weight excluding hydrogens is 334 g/mol. The summed E-state index contributed by atoms with van der Waals surface area (Å²) in [5, 5.41) is 0. The Morgan fingerprint density at radius 3 is 2.04 bits per heavy atom. The van der Waals surface area contributed by atoms with E-state index in [2.05, 4.69) is 42.5 Å². The summed E-state index contributed by atoms with van der Waals surface area (Å²) in [6.45, 7) is 0. The molecule has 152 valence electrons. The average molecular weight is 374 g/mol. The number of unbranched alkanes of at least 4 members (excludes halogenated alkanes) is 9. The first-order chi connectivity index (χ1) is 13.2. The third kappa shape index (κ3) is 13.2. The van der Waals surface area contributed by atoms with Crippen molar-refractivity contribution in [1.82, 2.24) is 0 Å². The number of hydrogen-bond acceptors (Lipinski definition) is 2. The molecule has 2 N–H and O–H groups in total. The molecule has 0 aliphatic heterocycles. The summed E-state index contributed by atoms with van der Waals surface area (Å²) in [7, 11) is 1.81. The molecule has 0 aliphatic carbocycles. The van der Waals surface area contributed by atoms with Crippen LogP contribution in [0.3, 0.4) is 0 Å². The summed E-state index contributed by atoms with van der Waals surface area (Å²) < 4.78 is 5.63. The van der Waals surface area contributed by atoms with Gasteiger partial charge in [0.15, 0.2) is 0 Å². The van der Waals surface area contributed by atoms with Gasteiger partial charge in [-0.15, -0.1) is 0 Å². The molecule has 1 aromatic rings. The van der Waals surface area contributed by atoms with Crippen molar-refractivity contribution in [2.45, 2.75) is 89.6 Å². The van der Waals surface area contributed by atoms with E-state index in [9.17, 15) is 4.79 Å². The summed E-state index contributed by atoms with van der Waals surface area (Å²) in [4.78, 5) is 10.6. The van der Waals surface area contributed by atoms with Crippen molar-refractivity contribution in [3.05, 3.63) is 48.0 Å². The summed E-state index contributed by atoms with van der Waals surface area (Å²) in [6, 6.07) is 10.5. The van der Waals surface area contributed by atoms with Gasteiger partial charge in [-0.2, -0.15) is 0 Å². The molecule has 3 heteroatoms. The number of ether oxygens (including phenoxy) is 1. The van der Waals surface area contributed by atoms with E-state index < -0.39 is 0 Å². The van der Waals surface area contributed by atoms with Crippen molar-refractivity contribution >= 4 is 5.91 Å². The molecule has 27 heavy (non-hydrogen) atoms. The molecule has 0 radical (unpaired) electrons. The maximum atomic E-state index is 10.6. The van der Waals surface area contributed by atoms with E-state index in [-0.39, 0.29) is 12.0 Å². The van der Waals surface area contributed by atoms with Gasteiger partial charge in [0, 0.05) is 13.5 Å². The number of benzene rings is 1. The Balaban J connectivity index is 1.89. The fourth-order valence-corrected chi connectivity index (χ4v) is 3.36. The van der Waals surface area contributed by atoms with Crippen molar-refractivity contribution in [1.29, 1.82) is 0 Å². The minimum Gasteiger partial charge on any atom is -0.377 e. The third-order valence-electron chi connectivity index (χ3n) is 5.00. The normalized spacial score (nSPS) is 12.5. The molecule has 3 nitrogen and oxygen atoms in total. The highest BCUT2D eigenvalue weighted by Crippen LogP contribution is 2.23. The van der Waals surface area contributed by atoms with E-state index in [0.29, 0.717) is 6.42 Å². The first-order valence-electron chi connectivity index (χ1n) is 10.7. The van der Waals surface area contributed by atoms with Gasteiger partial charge in [-0.1, -0.05) is 81.0 Å². The highest BCUT2D eigenvalue weighted by atomic mass is 16.5. The fourth-order valence-electron chi connectivity index (χ4n) is 3.36. The molecule has 0 heterocycles. The number of carbonyl (C=O) groups is 1. The molecule has 1 aromatic carbocycles. The third-order valence-corrected chi connectivity index (χ3v) is 5.00. The van der Waals surface area contributed by atoms with Crippen LogP contribution in [0.25, 0.3) is 0 Å². The zero-order valence-electron chi connectivity index (χ0n) is 17.2. The van der Waals surface area contributed by atoms with Crippen LogP contribution in [0.2, 0.25) is 0 Å². The maximum absolute atomic E-state index is 10.6. The van der Waals surface area contributed by atoms with Crippen LogP contribution in [0, 0.1) is 0 Å². The summed E-state index contributed by atoms with van der Waals surface area (Å²) in [5.41, 5.74) is 6.42. The molecule has 1 atom stereocenters. The standard InChI is InChI=1S/C24H39NO2/c1-27-23(22-18-14-13-15-19-22)20-16-11-9-7-5-3-2-4-6-8-10-12-17-21-24(25)26/h2-3,13-15,18-19,23H,4-12,16-17,20-21H2,1H3,(H2,25,26)/b3-2-. The molecule has 0 spiro atoms. The van der Waals surface area contributed by atoms with Crippen molar-refractivity contribution in [2.24, 2.45) is 5.73 Å². The molecule has 1 unspecified atom stereocenters. The quantitative estimate of drug-likeness (QED) is 0.251. The van der Waals surface area contributed by atoms with Crippen molar-refractivity contribution in [2.75, 3.05) is 7.11 Å². The Kier molecular flexibility index (Phi) is 14.4.